The van der Waals surface area contributed by atoms with E-state index in [1.54, 1.807) is 4.90 Å². The van der Waals surface area contributed by atoms with E-state index in [1.807, 2.05) is 6.92 Å². The fourth-order valence-electron chi connectivity index (χ4n) is 1.69. The van der Waals surface area contributed by atoms with Gasteiger partial charge in [-0.05, 0) is 18.8 Å². The van der Waals surface area contributed by atoms with Crippen LogP contribution in [-0.2, 0) is 4.79 Å². The topological polar surface area (TPSA) is 49.4 Å². The molecule has 3 amide bonds. The Balaban J connectivity index is 2.35. The summed E-state index contributed by atoms with van der Waals surface area (Å²) in [5.74, 6) is 0.429. The van der Waals surface area contributed by atoms with Gasteiger partial charge in [0.15, 0.2) is 0 Å². The second-order valence-corrected chi connectivity index (χ2v) is 4.68. The van der Waals surface area contributed by atoms with Gasteiger partial charge in [0.05, 0.1) is 5.92 Å². The molecule has 1 heterocycles. The molecule has 1 unspecified atom stereocenters. The van der Waals surface area contributed by atoms with Crippen LogP contribution in [0.1, 0.15) is 33.6 Å². The number of imide groups is 1. The largest absolute Gasteiger partial charge is 0.324 e. The predicted molar refractivity (Wildman–Crippen MR) is 58.3 cm³/mol. The monoisotopic (exact) mass is 212 g/mol. The van der Waals surface area contributed by atoms with Crippen molar-refractivity contribution in [2.75, 3.05) is 13.1 Å². The van der Waals surface area contributed by atoms with Gasteiger partial charge < -0.3 is 4.90 Å². The summed E-state index contributed by atoms with van der Waals surface area (Å²) in [7, 11) is 0. The summed E-state index contributed by atoms with van der Waals surface area (Å²) in [4.78, 5) is 24.3. The number of nitrogens with zero attached hydrogens (tertiary/aromatic N) is 1. The predicted octanol–water partition coefficient (Wildman–Crippen LogP) is 1.61. The van der Waals surface area contributed by atoms with Crippen molar-refractivity contribution < 1.29 is 9.59 Å². The van der Waals surface area contributed by atoms with Crippen molar-refractivity contribution >= 4 is 11.9 Å². The van der Waals surface area contributed by atoms with Crippen LogP contribution in [-0.4, -0.2) is 29.9 Å². The van der Waals surface area contributed by atoms with E-state index in [0.29, 0.717) is 12.5 Å². The molecule has 4 heteroatoms. The maximum atomic E-state index is 11.4. The molecule has 0 aromatic heterocycles. The lowest BCUT2D eigenvalue weighted by atomic mass is 10.1. The molecule has 1 fully saturated rings. The van der Waals surface area contributed by atoms with Crippen molar-refractivity contribution in [3.63, 3.8) is 0 Å². The van der Waals surface area contributed by atoms with Crippen LogP contribution in [0.25, 0.3) is 0 Å². The van der Waals surface area contributed by atoms with Crippen molar-refractivity contribution in [3.05, 3.63) is 0 Å². The second-order valence-electron chi connectivity index (χ2n) is 4.68. The molecule has 1 atom stereocenters. The minimum Gasteiger partial charge on any atom is -0.324 e. The lowest BCUT2D eigenvalue weighted by molar-refractivity contribution is -0.125. The van der Waals surface area contributed by atoms with Crippen LogP contribution in [0.3, 0.4) is 0 Å². The number of hydrogen-bond donors (Lipinski definition) is 1. The summed E-state index contributed by atoms with van der Waals surface area (Å²) >= 11 is 0. The molecular formula is C11H20N2O2. The van der Waals surface area contributed by atoms with Gasteiger partial charge >= 0.3 is 6.03 Å². The number of hydrogen-bond acceptors (Lipinski definition) is 2. The van der Waals surface area contributed by atoms with Crippen molar-refractivity contribution in [1.29, 1.82) is 0 Å². The van der Waals surface area contributed by atoms with Crippen LogP contribution in [0, 0.1) is 11.8 Å². The van der Waals surface area contributed by atoms with Gasteiger partial charge in [0.2, 0.25) is 5.91 Å². The molecule has 1 aliphatic heterocycles. The van der Waals surface area contributed by atoms with Gasteiger partial charge in [0, 0.05) is 13.1 Å². The number of carbonyl (C=O) groups excluding carboxylic acids is 2. The SMILES string of the molecule is CC(C)CCCN1CC(C)C(=O)NC1=O. The van der Waals surface area contributed by atoms with Gasteiger partial charge in [0.25, 0.3) is 0 Å². The molecule has 0 saturated carbocycles. The van der Waals surface area contributed by atoms with Crippen LogP contribution in [0.5, 0.6) is 0 Å². The van der Waals surface area contributed by atoms with Crippen molar-refractivity contribution in [2.24, 2.45) is 11.8 Å². The zero-order chi connectivity index (χ0) is 11.4. The lowest BCUT2D eigenvalue weighted by Crippen LogP contribution is -2.53. The summed E-state index contributed by atoms with van der Waals surface area (Å²) in [6.45, 7) is 7.49. The standard InChI is InChI=1S/C11H20N2O2/c1-8(2)5-4-6-13-7-9(3)10(14)12-11(13)15/h8-9H,4-7H2,1-3H3,(H,12,14,15). The molecule has 15 heavy (non-hydrogen) atoms. The zero-order valence-electron chi connectivity index (χ0n) is 9.75. The Morgan fingerprint density at radius 3 is 2.73 bits per heavy atom. The van der Waals surface area contributed by atoms with Crippen LogP contribution >= 0.6 is 0 Å². The fourth-order valence-corrected chi connectivity index (χ4v) is 1.69. The van der Waals surface area contributed by atoms with Crippen LogP contribution in [0.4, 0.5) is 4.79 Å². The third-order valence-electron chi connectivity index (χ3n) is 2.67. The Labute approximate surface area is 91.0 Å². The van der Waals surface area contributed by atoms with Gasteiger partial charge in [-0.15, -0.1) is 0 Å². The molecule has 1 N–H and O–H groups in total. The number of amides is 3. The Kier molecular flexibility index (Phi) is 4.12. The molecule has 0 aromatic rings. The number of nitrogens with one attached hydrogen (secondary N) is 1. The first-order valence-electron chi connectivity index (χ1n) is 5.60. The molecule has 1 saturated heterocycles. The van der Waals surface area contributed by atoms with E-state index in [4.69, 9.17) is 0 Å². The van der Waals surface area contributed by atoms with Gasteiger partial charge in [-0.25, -0.2) is 4.79 Å². The summed E-state index contributed by atoms with van der Waals surface area (Å²) in [5, 5.41) is 2.37. The van der Waals surface area contributed by atoms with Gasteiger partial charge in [-0.3, -0.25) is 10.1 Å². The highest BCUT2D eigenvalue weighted by molar-refractivity contribution is 5.97. The molecule has 0 aromatic carbocycles. The summed E-state index contributed by atoms with van der Waals surface area (Å²) < 4.78 is 0. The maximum Gasteiger partial charge on any atom is 0.324 e. The van der Waals surface area contributed by atoms with Crippen LogP contribution < -0.4 is 5.32 Å². The summed E-state index contributed by atoms with van der Waals surface area (Å²) in [6.07, 6.45) is 2.12. The first-order chi connectivity index (χ1) is 7.00. The fraction of sp³-hybridized carbons (Fsp3) is 0.818. The van der Waals surface area contributed by atoms with E-state index in [9.17, 15) is 9.59 Å². The van der Waals surface area contributed by atoms with Gasteiger partial charge in [-0.1, -0.05) is 20.8 Å². The quantitative estimate of drug-likeness (QED) is 0.769. The van der Waals surface area contributed by atoms with E-state index >= 15 is 0 Å². The Morgan fingerprint density at radius 2 is 2.13 bits per heavy atom. The summed E-state index contributed by atoms with van der Waals surface area (Å²) in [6, 6.07) is -0.234. The van der Waals surface area contributed by atoms with E-state index in [1.165, 1.54) is 0 Å². The molecule has 86 valence electrons. The molecule has 0 radical (unpaired) electrons. The Bertz CT molecular complexity index is 251. The molecule has 0 spiro atoms. The van der Waals surface area contributed by atoms with Gasteiger partial charge in [0.1, 0.15) is 0 Å². The molecule has 1 aliphatic rings. The molecule has 0 aliphatic carbocycles. The van der Waals surface area contributed by atoms with Crippen LogP contribution in [0.2, 0.25) is 0 Å². The number of rotatable bonds is 4. The average molecular weight is 212 g/mol. The lowest BCUT2D eigenvalue weighted by Gasteiger charge is -2.30. The van der Waals surface area contributed by atoms with Crippen LogP contribution in [0.15, 0.2) is 0 Å². The highest BCUT2D eigenvalue weighted by Gasteiger charge is 2.28. The third kappa shape index (κ3) is 3.53. The van der Waals surface area contributed by atoms with Crippen molar-refractivity contribution in [2.45, 2.75) is 33.6 Å². The smallest absolute Gasteiger partial charge is 0.324 e. The molecule has 1 rings (SSSR count). The second kappa shape index (κ2) is 5.14. The van der Waals surface area contributed by atoms with Gasteiger partial charge in [-0.2, -0.15) is 0 Å². The van der Waals surface area contributed by atoms with Crippen molar-refractivity contribution in [3.8, 4) is 0 Å². The zero-order valence-corrected chi connectivity index (χ0v) is 9.75. The van der Waals surface area contributed by atoms with E-state index in [-0.39, 0.29) is 17.9 Å². The Morgan fingerprint density at radius 1 is 1.47 bits per heavy atom. The van der Waals surface area contributed by atoms with E-state index in [2.05, 4.69) is 19.2 Å². The highest BCUT2D eigenvalue weighted by atomic mass is 16.2. The minimum absolute atomic E-state index is 0.0817. The average Bonchev–Trinajstić information content (AvgIpc) is 2.13. The minimum atomic E-state index is -0.234. The van der Waals surface area contributed by atoms with Crippen molar-refractivity contribution in [1.82, 2.24) is 10.2 Å². The highest BCUT2D eigenvalue weighted by Crippen LogP contribution is 2.10. The van der Waals surface area contributed by atoms with E-state index in [0.717, 1.165) is 19.4 Å². The maximum absolute atomic E-state index is 11.4. The Hall–Kier alpha value is -1.06. The third-order valence-corrected chi connectivity index (χ3v) is 2.67. The molecule has 0 bridgehead atoms. The van der Waals surface area contributed by atoms with E-state index < -0.39 is 0 Å². The molecule has 4 nitrogen and oxygen atoms in total. The normalized spacial score (nSPS) is 22.1. The number of carbonyl (C=O) groups is 2. The first kappa shape index (κ1) is 12.0. The number of urea groups is 1. The molecular weight excluding hydrogens is 192 g/mol. The first-order valence-corrected chi connectivity index (χ1v) is 5.60. The summed E-state index contributed by atoms with van der Waals surface area (Å²) in [5.41, 5.74) is 0.